The average molecular weight is 266 g/mol. The van der Waals surface area contributed by atoms with E-state index in [2.05, 4.69) is 25.5 Å². The molecule has 9 nitrogen and oxygen atoms in total. The lowest BCUT2D eigenvalue weighted by molar-refractivity contribution is 0.0168. The van der Waals surface area contributed by atoms with Crippen molar-refractivity contribution in [3.05, 3.63) is 12.0 Å². The Morgan fingerprint density at radius 3 is 2.74 bits per heavy atom. The van der Waals surface area contributed by atoms with Gasteiger partial charge in [-0.1, -0.05) is 0 Å². The van der Waals surface area contributed by atoms with E-state index in [4.69, 9.17) is 10.8 Å². The van der Waals surface area contributed by atoms with Crippen LogP contribution in [0.3, 0.4) is 0 Å². The zero-order valence-corrected chi connectivity index (χ0v) is 9.88. The predicted octanol–water partition coefficient (Wildman–Crippen LogP) is -1.75. The van der Waals surface area contributed by atoms with Crippen LogP contribution in [-0.2, 0) is 0 Å². The van der Waals surface area contributed by atoms with Gasteiger partial charge in [0.1, 0.15) is 18.1 Å². The molecular formula is C10H14N6O3. The molecule has 2 aliphatic rings. The van der Waals surface area contributed by atoms with Crippen molar-refractivity contribution in [2.75, 3.05) is 12.3 Å². The number of azo groups is 1. The van der Waals surface area contributed by atoms with E-state index < -0.39 is 30.3 Å². The second-order valence-electron chi connectivity index (χ2n) is 4.62. The van der Waals surface area contributed by atoms with E-state index in [-0.39, 0.29) is 12.4 Å². The minimum Gasteiger partial charge on any atom is -0.395 e. The fraction of sp³-hybridized carbons (Fsp3) is 0.600. The quantitative estimate of drug-likeness (QED) is 0.426. The number of nitrogen functional groups attached to an aromatic ring is 1. The maximum Gasteiger partial charge on any atom is 0.155 e. The number of anilines is 1. The van der Waals surface area contributed by atoms with E-state index >= 15 is 0 Å². The number of aromatic nitrogens is 2. The zero-order chi connectivity index (χ0) is 13.6. The highest BCUT2D eigenvalue weighted by molar-refractivity contribution is 5.62. The summed E-state index contributed by atoms with van der Waals surface area (Å²) in [5.74, 6) is 0.225. The van der Waals surface area contributed by atoms with Crippen LogP contribution in [0.5, 0.6) is 0 Å². The molecule has 0 aromatic carbocycles. The molecule has 0 bridgehead atoms. The van der Waals surface area contributed by atoms with Crippen LogP contribution >= 0.6 is 0 Å². The second kappa shape index (κ2) is 4.46. The van der Waals surface area contributed by atoms with Crippen LogP contribution in [0.15, 0.2) is 16.6 Å². The van der Waals surface area contributed by atoms with Crippen molar-refractivity contribution in [3.63, 3.8) is 0 Å². The lowest BCUT2D eigenvalue weighted by Crippen LogP contribution is -2.38. The van der Waals surface area contributed by atoms with Gasteiger partial charge in [-0.15, -0.1) is 5.11 Å². The van der Waals surface area contributed by atoms with Gasteiger partial charge in [0.25, 0.3) is 0 Å². The molecular weight excluding hydrogens is 252 g/mol. The van der Waals surface area contributed by atoms with Crippen molar-refractivity contribution in [1.82, 2.24) is 15.3 Å². The standard InChI is InChI=1S/C10H14N6O3/c11-10-7-4(12-2-13-10)5(15-16-7)6-9(19)8(18)3(1-17)14-6/h2-3,5-6,8-9,14,17-19H,1H2,(H2,11,12,13)/t3-,5?,6+,8-,9+/m0/s1. The fourth-order valence-electron chi connectivity index (χ4n) is 2.48. The summed E-state index contributed by atoms with van der Waals surface area (Å²) in [4.78, 5) is 7.90. The lowest BCUT2D eigenvalue weighted by Gasteiger charge is -2.19. The highest BCUT2D eigenvalue weighted by Crippen LogP contribution is 2.41. The summed E-state index contributed by atoms with van der Waals surface area (Å²) in [6.07, 6.45) is -0.824. The molecule has 0 aliphatic carbocycles. The molecule has 1 fully saturated rings. The number of nitrogens with one attached hydrogen (secondary N) is 1. The summed E-state index contributed by atoms with van der Waals surface area (Å²) in [5.41, 5.74) is 6.57. The molecule has 1 aromatic heterocycles. The Hall–Kier alpha value is -1.68. The molecule has 102 valence electrons. The topological polar surface area (TPSA) is 149 Å². The Morgan fingerprint density at radius 2 is 2.05 bits per heavy atom. The number of nitrogens with zero attached hydrogens (tertiary/aromatic N) is 4. The second-order valence-corrected chi connectivity index (χ2v) is 4.62. The summed E-state index contributed by atoms with van der Waals surface area (Å²) in [6, 6.07) is -1.73. The molecule has 2 aliphatic heterocycles. The highest BCUT2D eigenvalue weighted by Gasteiger charge is 2.47. The summed E-state index contributed by atoms with van der Waals surface area (Å²) < 4.78 is 0. The Labute approximate surface area is 108 Å². The van der Waals surface area contributed by atoms with Crippen molar-refractivity contribution in [1.29, 1.82) is 0 Å². The van der Waals surface area contributed by atoms with Crippen LogP contribution < -0.4 is 11.1 Å². The van der Waals surface area contributed by atoms with Gasteiger partial charge >= 0.3 is 0 Å². The molecule has 1 aromatic rings. The Balaban J connectivity index is 1.91. The number of hydrogen-bond acceptors (Lipinski definition) is 9. The van der Waals surface area contributed by atoms with Crippen LogP contribution in [0.4, 0.5) is 11.5 Å². The number of fused-ring (bicyclic) bond motifs is 1. The third kappa shape index (κ3) is 1.78. The van der Waals surface area contributed by atoms with E-state index in [1.807, 2.05) is 0 Å². The third-order valence-corrected chi connectivity index (χ3v) is 3.51. The van der Waals surface area contributed by atoms with Crippen LogP contribution in [0.1, 0.15) is 11.7 Å². The van der Waals surface area contributed by atoms with Crippen molar-refractivity contribution in [2.24, 2.45) is 10.2 Å². The normalized spacial score (nSPS) is 36.7. The van der Waals surface area contributed by atoms with Gasteiger partial charge in [-0.2, -0.15) is 5.11 Å². The minimum absolute atomic E-state index is 0.225. The van der Waals surface area contributed by atoms with Crippen LogP contribution in [-0.4, -0.2) is 56.2 Å². The maximum atomic E-state index is 10.0. The fourth-order valence-corrected chi connectivity index (χ4v) is 2.48. The lowest BCUT2D eigenvalue weighted by atomic mass is 9.99. The first-order valence-corrected chi connectivity index (χ1v) is 5.87. The smallest absolute Gasteiger partial charge is 0.155 e. The molecule has 1 unspecified atom stereocenters. The van der Waals surface area contributed by atoms with E-state index in [1.165, 1.54) is 6.33 Å². The molecule has 1 saturated heterocycles. The SMILES string of the molecule is Nc1ncnc2c1N=NC2[C@H]1N[C@@H](CO)[C@H](O)[C@@H]1O. The summed E-state index contributed by atoms with van der Waals surface area (Å²) in [5, 5.41) is 39.8. The molecule has 9 heteroatoms. The summed E-state index contributed by atoms with van der Waals surface area (Å²) in [6.45, 7) is -0.280. The molecule has 6 N–H and O–H groups in total. The summed E-state index contributed by atoms with van der Waals surface area (Å²) in [7, 11) is 0. The molecule has 3 heterocycles. The van der Waals surface area contributed by atoms with Gasteiger partial charge in [0.15, 0.2) is 11.5 Å². The van der Waals surface area contributed by atoms with Crippen LogP contribution in [0.2, 0.25) is 0 Å². The Bertz CT molecular complexity index is 524. The van der Waals surface area contributed by atoms with Gasteiger partial charge in [-0.25, -0.2) is 9.97 Å². The largest absolute Gasteiger partial charge is 0.395 e. The van der Waals surface area contributed by atoms with Gasteiger partial charge in [0.2, 0.25) is 0 Å². The van der Waals surface area contributed by atoms with Crippen molar-refractivity contribution in [2.45, 2.75) is 30.3 Å². The monoisotopic (exact) mass is 266 g/mol. The molecule has 19 heavy (non-hydrogen) atoms. The van der Waals surface area contributed by atoms with E-state index in [0.29, 0.717) is 11.4 Å². The summed E-state index contributed by atoms with van der Waals surface area (Å²) >= 11 is 0. The van der Waals surface area contributed by atoms with E-state index in [1.54, 1.807) is 0 Å². The van der Waals surface area contributed by atoms with Gasteiger partial charge in [-0.05, 0) is 0 Å². The highest BCUT2D eigenvalue weighted by atomic mass is 16.3. The first-order chi connectivity index (χ1) is 9.13. The van der Waals surface area contributed by atoms with Gasteiger partial charge in [0, 0.05) is 0 Å². The number of hydrogen-bond donors (Lipinski definition) is 5. The molecule has 0 saturated carbocycles. The molecule has 0 amide bonds. The maximum absolute atomic E-state index is 10.0. The molecule has 0 spiro atoms. The molecule has 3 rings (SSSR count). The zero-order valence-electron chi connectivity index (χ0n) is 9.88. The number of aliphatic hydroxyl groups excluding tert-OH is 3. The third-order valence-electron chi connectivity index (χ3n) is 3.51. The van der Waals surface area contributed by atoms with Crippen LogP contribution in [0.25, 0.3) is 0 Å². The van der Waals surface area contributed by atoms with Crippen LogP contribution in [0, 0.1) is 0 Å². The molecule has 5 atom stereocenters. The van der Waals surface area contributed by atoms with E-state index in [9.17, 15) is 10.2 Å². The van der Waals surface area contributed by atoms with Gasteiger partial charge in [0.05, 0.1) is 30.9 Å². The number of aliphatic hydroxyl groups is 3. The van der Waals surface area contributed by atoms with Crippen molar-refractivity contribution >= 4 is 11.5 Å². The average Bonchev–Trinajstić information content (AvgIpc) is 2.94. The number of rotatable bonds is 2. The Morgan fingerprint density at radius 1 is 1.26 bits per heavy atom. The first kappa shape index (κ1) is 12.4. The van der Waals surface area contributed by atoms with E-state index in [0.717, 1.165) is 0 Å². The van der Waals surface area contributed by atoms with Gasteiger partial charge < -0.3 is 26.4 Å². The van der Waals surface area contributed by atoms with Crippen molar-refractivity contribution < 1.29 is 15.3 Å². The molecule has 0 radical (unpaired) electrons. The first-order valence-electron chi connectivity index (χ1n) is 5.87. The van der Waals surface area contributed by atoms with Gasteiger partial charge in [-0.3, -0.25) is 0 Å². The Kier molecular flexibility index (Phi) is 2.90. The number of nitrogens with two attached hydrogens (primary N) is 1. The predicted molar refractivity (Wildman–Crippen MR) is 63.5 cm³/mol. The van der Waals surface area contributed by atoms with Crippen molar-refractivity contribution in [3.8, 4) is 0 Å². The minimum atomic E-state index is -1.07.